The first-order chi connectivity index (χ1) is 12.5. The summed E-state index contributed by atoms with van der Waals surface area (Å²) >= 11 is 9.82. The fourth-order valence-corrected chi connectivity index (χ4v) is 5.33. The number of aromatic amines is 1. The predicted molar refractivity (Wildman–Crippen MR) is 112 cm³/mol. The summed E-state index contributed by atoms with van der Waals surface area (Å²) in [6.45, 7) is 2.07. The van der Waals surface area contributed by atoms with E-state index in [0.29, 0.717) is 11.0 Å². The van der Waals surface area contributed by atoms with Crippen molar-refractivity contribution in [1.82, 2.24) is 14.3 Å². The number of hydrogen-bond acceptors (Lipinski definition) is 6. The number of rotatable bonds is 3. The van der Waals surface area contributed by atoms with Crippen LogP contribution >= 0.6 is 34.9 Å². The summed E-state index contributed by atoms with van der Waals surface area (Å²) in [4.78, 5) is 14.6. The molecule has 134 valence electrons. The minimum atomic E-state index is -0.434. The number of nitrogens with two attached hydrogens (primary N) is 1. The molecule has 0 saturated heterocycles. The van der Waals surface area contributed by atoms with Crippen LogP contribution in [-0.4, -0.2) is 33.0 Å². The lowest BCUT2D eigenvalue weighted by atomic mass is 10.0. The van der Waals surface area contributed by atoms with Crippen molar-refractivity contribution in [3.8, 4) is 22.0 Å². The average Bonchev–Trinajstić information content (AvgIpc) is 3.26. The highest BCUT2D eigenvalue weighted by Gasteiger charge is 2.35. The third-order valence-corrected chi connectivity index (χ3v) is 7.36. The van der Waals surface area contributed by atoms with E-state index in [1.807, 2.05) is 41.8 Å². The van der Waals surface area contributed by atoms with Crippen molar-refractivity contribution in [2.75, 3.05) is 12.8 Å². The van der Waals surface area contributed by atoms with Crippen LogP contribution in [0.15, 0.2) is 47.6 Å². The quantitative estimate of drug-likeness (QED) is 0.628. The van der Waals surface area contributed by atoms with Gasteiger partial charge in [-0.05, 0) is 30.5 Å². The summed E-state index contributed by atoms with van der Waals surface area (Å²) in [5, 5.41) is 0.701. The number of benzene rings is 1. The SMILES string of the molecule is CN1SCC(C)(c2sc(-c3ncc(-c4ccccc4)[nH]3)cc2Cl)N=C1N. The highest BCUT2D eigenvalue weighted by molar-refractivity contribution is 7.97. The van der Waals surface area contributed by atoms with Gasteiger partial charge in [0.05, 0.1) is 26.7 Å². The second kappa shape index (κ2) is 6.64. The number of aromatic nitrogens is 2. The van der Waals surface area contributed by atoms with Gasteiger partial charge in [-0.3, -0.25) is 4.31 Å². The summed E-state index contributed by atoms with van der Waals surface area (Å²) in [5.41, 5.74) is 7.67. The number of nitrogens with zero attached hydrogens (tertiary/aromatic N) is 3. The van der Waals surface area contributed by atoms with Gasteiger partial charge in [0.15, 0.2) is 0 Å². The molecule has 1 aromatic carbocycles. The van der Waals surface area contributed by atoms with Crippen molar-refractivity contribution < 1.29 is 0 Å². The minimum absolute atomic E-state index is 0.434. The van der Waals surface area contributed by atoms with Gasteiger partial charge < -0.3 is 10.7 Å². The Labute approximate surface area is 165 Å². The van der Waals surface area contributed by atoms with Gasteiger partial charge in [-0.2, -0.15) is 0 Å². The molecule has 0 bridgehead atoms. The van der Waals surface area contributed by atoms with Gasteiger partial charge in [0.1, 0.15) is 11.4 Å². The number of hydrogen-bond donors (Lipinski definition) is 2. The van der Waals surface area contributed by atoms with E-state index in [-0.39, 0.29) is 0 Å². The normalized spacial score (nSPS) is 20.3. The fourth-order valence-electron chi connectivity index (χ4n) is 2.82. The van der Waals surface area contributed by atoms with Crippen LogP contribution in [0.25, 0.3) is 22.0 Å². The standard InChI is InChI=1S/C18H18ClN5S2/c1-18(10-25-24(2)17(20)23-18)15-12(19)8-14(26-15)16-21-9-13(22-16)11-6-4-3-5-7-11/h3-9H,10H2,1-2H3,(H2,20,23)(H,21,22). The second-order valence-electron chi connectivity index (χ2n) is 6.31. The highest BCUT2D eigenvalue weighted by Crippen LogP contribution is 2.44. The summed E-state index contributed by atoms with van der Waals surface area (Å²) in [6.07, 6.45) is 1.85. The zero-order valence-corrected chi connectivity index (χ0v) is 16.8. The van der Waals surface area contributed by atoms with Gasteiger partial charge in [0, 0.05) is 12.8 Å². The number of nitrogens with one attached hydrogen (secondary N) is 1. The van der Waals surface area contributed by atoms with Crippen LogP contribution in [0.5, 0.6) is 0 Å². The van der Waals surface area contributed by atoms with Crippen LogP contribution < -0.4 is 5.73 Å². The van der Waals surface area contributed by atoms with Crippen molar-refractivity contribution in [2.24, 2.45) is 10.7 Å². The van der Waals surface area contributed by atoms with Crippen LogP contribution in [0, 0.1) is 0 Å². The Morgan fingerprint density at radius 1 is 1.31 bits per heavy atom. The summed E-state index contributed by atoms with van der Waals surface area (Å²) in [5.74, 6) is 2.11. The number of imidazole rings is 1. The Kier molecular flexibility index (Phi) is 4.46. The molecule has 2 aromatic heterocycles. The van der Waals surface area contributed by atoms with Crippen molar-refractivity contribution in [3.63, 3.8) is 0 Å². The van der Waals surface area contributed by atoms with E-state index in [9.17, 15) is 0 Å². The molecule has 0 amide bonds. The molecule has 1 aliphatic rings. The van der Waals surface area contributed by atoms with Crippen LogP contribution in [0.2, 0.25) is 5.02 Å². The van der Waals surface area contributed by atoms with Gasteiger partial charge in [0.2, 0.25) is 5.96 Å². The summed E-state index contributed by atoms with van der Waals surface area (Å²) in [7, 11) is 1.92. The van der Waals surface area contributed by atoms with E-state index in [1.54, 1.807) is 23.3 Å². The molecule has 26 heavy (non-hydrogen) atoms. The maximum absolute atomic E-state index is 6.56. The van der Waals surface area contributed by atoms with E-state index in [2.05, 4.69) is 34.0 Å². The molecule has 1 unspecified atom stereocenters. The van der Waals surface area contributed by atoms with E-state index in [0.717, 1.165) is 32.6 Å². The molecule has 1 atom stereocenters. The molecule has 0 saturated carbocycles. The van der Waals surface area contributed by atoms with Crippen molar-refractivity contribution in [1.29, 1.82) is 0 Å². The molecule has 3 aromatic rings. The molecule has 3 heterocycles. The van der Waals surface area contributed by atoms with Crippen LogP contribution in [-0.2, 0) is 5.54 Å². The summed E-state index contributed by atoms with van der Waals surface area (Å²) < 4.78 is 1.88. The van der Waals surface area contributed by atoms with E-state index in [1.165, 1.54) is 0 Å². The lowest BCUT2D eigenvalue weighted by Gasteiger charge is -2.33. The molecule has 1 aliphatic heterocycles. The van der Waals surface area contributed by atoms with E-state index < -0.39 is 5.54 Å². The highest BCUT2D eigenvalue weighted by atomic mass is 35.5. The molecule has 8 heteroatoms. The number of halogens is 1. The average molecular weight is 404 g/mol. The molecular weight excluding hydrogens is 386 g/mol. The van der Waals surface area contributed by atoms with Gasteiger partial charge in [-0.25, -0.2) is 9.98 Å². The molecular formula is C18H18ClN5S2. The maximum Gasteiger partial charge on any atom is 0.202 e. The van der Waals surface area contributed by atoms with Crippen LogP contribution in [0.1, 0.15) is 11.8 Å². The minimum Gasteiger partial charge on any atom is -0.369 e. The predicted octanol–water partition coefficient (Wildman–Crippen LogP) is 4.58. The molecule has 0 radical (unpaired) electrons. The number of guanidine groups is 1. The largest absolute Gasteiger partial charge is 0.369 e. The lowest BCUT2D eigenvalue weighted by molar-refractivity contribution is 0.550. The molecule has 4 rings (SSSR count). The molecule has 5 nitrogen and oxygen atoms in total. The maximum atomic E-state index is 6.56. The Balaban J connectivity index is 1.69. The monoisotopic (exact) mass is 403 g/mol. The van der Waals surface area contributed by atoms with E-state index >= 15 is 0 Å². The third kappa shape index (κ3) is 3.11. The second-order valence-corrected chi connectivity index (χ2v) is 8.87. The number of thiophene rings is 1. The van der Waals surface area contributed by atoms with Gasteiger partial charge in [-0.15, -0.1) is 11.3 Å². The molecule has 3 N–H and O–H groups in total. The van der Waals surface area contributed by atoms with Gasteiger partial charge in [-0.1, -0.05) is 41.9 Å². The van der Waals surface area contributed by atoms with Crippen LogP contribution in [0.3, 0.4) is 0 Å². The Morgan fingerprint density at radius 3 is 2.81 bits per heavy atom. The van der Waals surface area contributed by atoms with Crippen molar-refractivity contribution in [3.05, 3.63) is 52.5 Å². The van der Waals surface area contributed by atoms with E-state index in [4.69, 9.17) is 17.3 Å². The Bertz CT molecular complexity index is 965. The molecule has 0 aliphatic carbocycles. The van der Waals surface area contributed by atoms with Crippen LogP contribution in [0.4, 0.5) is 0 Å². The van der Waals surface area contributed by atoms with Gasteiger partial charge >= 0.3 is 0 Å². The smallest absolute Gasteiger partial charge is 0.202 e. The van der Waals surface area contributed by atoms with Gasteiger partial charge in [0.25, 0.3) is 0 Å². The first-order valence-corrected chi connectivity index (χ1v) is 10.2. The summed E-state index contributed by atoms with van der Waals surface area (Å²) in [6, 6.07) is 12.1. The van der Waals surface area contributed by atoms with Crippen molar-refractivity contribution >= 4 is 40.8 Å². The number of aliphatic imine (C=N–C) groups is 1. The molecule has 0 fully saturated rings. The fraction of sp³-hybridized carbons (Fsp3) is 0.222. The molecule has 0 spiro atoms. The topological polar surface area (TPSA) is 70.3 Å². The number of H-pyrrole nitrogens is 1. The Hall–Kier alpha value is -1.96. The van der Waals surface area contributed by atoms with Crippen molar-refractivity contribution in [2.45, 2.75) is 12.5 Å². The zero-order valence-electron chi connectivity index (χ0n) is 14.4. The lowest BCUT2D eigenvalue weighted by Crippen LogP contribution is -2.39. The zero-order chi connectivity index (χ0) is 18.3. The first kappa shape index (κ1) is 17.5. The first-order valence-electron chi connectivity index (χ1n) is 8.09. The third-order valence-electron chi connectivity index (χ3n) is 4.29. The Morgan fingerprint density at radius 2 is 2.08 bits per heavy atom.